The lowest BCUT2D eigenvalue weighted by Gasteiger charge is -2.04. The van der Waals surface area contributed by atoms with Gasteiger partial charge >= 0.3 is 6.18 Å². The van der Waals surface area contributed by atoms with Gasteiger partial charge in [0.15, 0.2) is 0 Å². The Bertz CT molecular complexity index is 648. The minimum Gasteiger partial charge on any atom is -0.395 e. The van der Waals surface area contributed by atoms with Gasteiger partial charge in [-0.05, 0) is 18.2 Å². The zero-order valence-corrected chi connectivity index (χ0v) is 11.8. The van der Waals surface area contributed by atoms with Gasteiger partial charge in [0.1, 0.15) is 11.4 Å². The quantitative estimate of drug-likeness (QED) is 0.904. The largest absolute Gasteiger partial charge is 0.433 e. The van der Waals surface area contributed by atoms with Crippen LogP contribution in [0.25, 0.3) is 10.6 Å². The zero-order valence-electron chi connectivity index (χ0n) is 10.9. The molecule has 0 atom stereocenters. The van der Waals surface area contributed by atoms with Crippen molar-refractivity contribution in [3.8, 4) is 10.6 Å². The Morgan fingerprint density at radius 1 is 1.48 bits per heavy atom. The van der Waals surface area contributed by atoms with Crippen molar-refractivity contribution in [3.63, 3.8) is 0 Å². The summed E-state index contributed by atoms with van der Waals surface area (Å²) >= 11 is 1.04. The summed E-state index contributed by atoms with van der Waals surface area (Å²) in [7, 11) is 1.22. The Kier molecular flexibility index (Phi) is 4.33. The molecule has 0 aromatic carbocycles. The van der Waals surface area contributed by atoms with Crippen molar-refractivity contribution in [2.75, 3.05) is 13.2 Å². The van der Waals surface area contributed by atoms with Crippen molar-refractivity contribution in [1.82, 2.24) is 15.1 Å². The van der Waals surface area contributed by atoms with Gasteiger partial charge in [0, 0.05) is 13.6 Å². The number of carbonyl (C=O) groups excluding carboxylic acids is 1. The summed E-state index contributed by atoms with van der Waals surface area (Å²) in [6, 6.07) is 4.00. The molecule has 0 aliphatic rings. The van der Waals surface area contributed by atoms with Crippen LogP contribution < -0.4 is 5.32 Å². The van der Waals surface area contributed by atoms with E-state index in [1.807, 2.05) is 0 Å². The van der Waals surface area contributed by atoms with Crippen LogP contribution in [0.4, 0.5) is 13.2 Å². The molecule has 2 N–H and O–H groups in total. The molecule has 0 radical (unpaired) electrons. The van der Waals surface area contributed by atoms with Crippen LogP contribution in [0.5, 0.6) is 0 Å². The van der Waals surface area contributed by atoms with Crippen molar-refractivity contribution in [2.24, 2.45) is 7.05 Å². The van der Waals surface area contributed by atoms with Crippen LogP contribution in [0, 0.1) is 0 Å². The fourth-order valence-corrected chi connectivity index (χ4v) is 2.59. The molecule has 9 heteroatoms. The Morgan fingerprint density at radius 3 is 2.76 bits per heavy atom. The fourth-order valence-electron chi connectivity index (χ4n) is 1.71. The van der Waals surface area contributed by atoms with Gasteiger partial charge in [-0.2, -0.15) is 18.3 Å². The van der Waals surface area contributed by atoms with Gasteiger partial charge in [-0.3, -0.25) is 9.48 Å². The van der Waals surface area contributed by atoms with Crippen LogP contribution in [0.3, 0.4) is 0 Å². The van der Waals surface area contributed by atoms with Gasteiger partial charge in [0.25, 0.3) is 5.91 Å². The molecule has 0 aliphatic carbocycles. The molecule has 0 fully saturated rings. The molecule has 2 aromatic rings. The first-order valence-electron chi connectivity index (χ1n) is 5.93. The maximum atomic E-state index is 12.7. The summed E-state index contributed by atoms with van der Waals surface area (Å²) < 4.78 is 38.9. The number of nitrogens with zero attached hydrogens (tertiary/aromatic N) is 2. The number of nitrogens with one attached hydrogen (secondary N) is 1. The topological polar surface area (TPSA) is 67.2 Å². The average molecular weight is 319 g/mol. The molecule has 2 heterocycles. The second kappa shape index (κ2) is 5.86. The molecule has 0 bridgehead atoms. The number of amides is 1. The maximum absolute atomic E-state index is 12.7. The van der Waals surface area contributed by atoms with Crippen molar-refractivity contribution in [2.45, 2.75) is 6.18 Å². The zero-order chi connectivity index (χ0) is 15.6. The Balaban J connectivity index is 2.24. The highest BCUT2D eigenvalue weighted by Gasteiger charge is 2.35. The van der Waals surface area contributed by atoms with E-state index in [1.54, 1.807) is 6.07 Å². The molecule has 0 aliphatic heterocycles. The first-order valence-corrected chi connectivity index (χ1v) is 6.75. The summed E-state index contributed by atoms with van der Waals surface area (Å²) in [5, 5.41) is 14.9. The third-order valence-electron chi connectivity index (χ3n) is 2.65. The fraction of sp³-hybridized carbons (Fsp3) is 0.333. The molecule has 2 rings (SSSR count). The highest BCUT2D eigenvalue weighted by atomic mass is 32.1. The molecule has 5 nitrogen and oxygen atoms in total. The molecule has 0 unspecified atom stereocenters. The maximum Gasteiger partial charge on any atom is 0.433 e. The van der Waals surface area contributed by atoms with E-state index in [9.17, 15) is 18.0 Å². The third kappa shape index (κ3) is 3.42. The van der Waals surface area contributed by atoms with Crippen molar-refractivity contribution < 1.29 is 23.1 Å². The molecular formula is C12H12F3N3O2S. The molecule has 0 spiro atoms. The number of alkyl halides is 3. The highest BCUT2D eigenvalue weighted by Crippen LogP contribution is 2.34. The number of aliphatic hydroxyl groups is 1. The summed E-state index contributed by atoms with van der Waals surface area (Å²) in [5.74, 6) is -0.382. The van der Waals surface area contributed by atoms with Crippen LogP contribution in [-0.4, -0.2) is 33.9 Å². The first kappa shape index (κ1) is 15.5. The van der Waals surface area contributed by atoms with E-state index in [1.165, 1.54) is 13.1 Å². The summed E-state index contributed by atoms with van der Waals surface area (Å²) in [6.45, 7) is -0.0625. The number of halogens is 3. The Labute approximate surface area is 122 Å². The molecule has 114 valence electrons. The molecule has 21 heavy (non-hydrogen) atoms. The lowest BCUT2D eigenvalue weighted by atomic mass is 10.3. The third-order valence-corrected chi connectivity index (χ3v) is 3.76. The summed E-state index contributed by atoms with van der Waals surface area (Å²) in [4.78, 5) is 12.5. The minimum atomic E-state index is -4.47. The predicted octanol–water partition coefficient (Wildman–Crippen LogP) is 1.89. The number of aryl methyl sites for hydroxylation is 1. The van der Waals surface area contributed by atoms with Gasteiger partial charge in [-0.1, -0.05) is 0 Å². The average Bonchev–Trinajstić information content (AvgIpc) is 3.01. The van der Waals surface area contributed by atoms with Gasteiger partial charge < -0.3 is 10.4 Å². The predicted molar refractivity (Wildman–Crippen MR) is 70.9 cm³/mol. The molecule has 0 saturated carbocycles. The van der Waals surface area contributed by atoms with Crippen LogP contribution in [0.1, 0.15) is 15.4 Å². The van der Waals surface area contributed by atoms with Gasteiger partial charge in [0.05, 0.1) is 16.4 Å². The second-order valence-corrected chi connectivity index (χ2v) is 5.26. The smallest absolute Gasteiger partial charge is 0.395 e. The van der Waals surface area contributed by atoms with Crippen molar-refractivity contribution in [3.05, 3.63) is 28.8 Å². The number of aromatic nitrogens is 2. The monoisotopic (exact) mass is 319 g/mol. The van der Waals surface area contributed by atoms with Gasteiger partial charge in [-0.15, -0.1) is 11.3 Å². The van der Waals surface area contributed by atoms with E-state index in [-0.39, 0.29) is 24.8 Å². The molecule has 1 amide bonds. The number of rotatable bonds is 4. The lowest BCUT2D eigenvalue weighted by molar-refractivity contribution is -0.143. The standard InChI is InChI=1S/C12H12F3N3O2S/c1-18-10(12(13,14)15)6-7(17-18)8-2-3-9(21-8)11(20)16-4-5-19/h2-3,6,19H,4-5H2,1H3,(H,16,20). The second-order valence-electron chi connectivity index (χ2n) is 4.18. The van der Waals surface area contributed by atoms with Crippen LogP contribution in [0.15, 0.2) is 18.2 Å². The Hall–Kier alpha value is -1.87. The Morgan fingerprint density at radius 2 is 2.19 bits per heavy atom. The van der Waals surface area contributed by atoms with Crippen molar-refractivity contribution in [1.29, 1.82) is 0 Å². The molecular weight excluding hydrogens is 307 g/mol. The highest BCUT2D eigenvalue weighted by molar-refractivity contribution is 7.17. The molecule has 2 aromatic heterocycles. The number of carbonyl (C=O) groups is 1. The van der Waals surface area contributed by atoms with Crippen LogP contribution in [-0.2, 0) is 13.2 Å². The minimum absolute atomic E-state index is 0.119. The molecule has 0 saturated heterocycles. The number of thiophene rings is 1. The van der Waals surface area contributed by atoms with Gasteiger partial charge in [-0.25, -0.2) is 0 Å². The lowest BCUT2D eigenvalue weighted by Crippen LogP contribution is -2.25. The van der Waals surface area contributed by atoms with Crippen molar-refractivity contribution >= 4 is 17.2 Å². The summed E-state index contributed by atoms with van der Waals surface area (Å²) in [6.07, 6.45) is -4.47. The van der Waals surface area contributed by atoms with E-state index >= 15 is 0 Å². The number of aliphatic hydroxyl groups excluding tert-OH is 1. The van der Waals surface area contributed by atoms with Gasteiger partial charge in [0.2, 0.25) is 0 Å². The number of hydrogen-bond acceptors (Lipinski definition) is 4. The van der Waals surface area contributed by atoms with E-state index < -0.39 is 11.9 Å². The number of hydrogen-bond donors (Lipinski definition) is 2. The summed E-state index contributed by atoms with van der Waals surface area (Å²) in [5.41, 5.74) is -0.687. The van der Waals surface area contributed by atoms with E-state index in [0.717, 1.165) is 22.1 Å². The van der Waals surface area contributed by atoms with Crippen LogP contribution >= 0.6 is 11.3 Å². The first-order chi connectivity index (χ1) is 9.82. The van der Waals surface area contributed by atoms with Crippen LogP contribution in [0.2, 0.25) is 0 Å². The van der Waals surface area contributed by atoms with E-state index in [2.05, 4.69) is 10.4 Å². The van der Waals surface area contributed by atoms with E-state index in [4.69, 9.17) is 5.11 Å². The van der Waals surface area contributed by atoms with E-state index in [0.29, 0.717) is 9.75 Å². The SMILES string of the molecule is Cn1nc(-c2ccc(C(=O)NCCO)s2)cc1C(F)(F)F. The normalized spacial score (nSPS) is 11.7.